The topological polar surface area (TPSA) is 88.2 Å². The number of nitrogens with one attached hydrogen (secondary N) is 2. The number of benzene rings is 1. The van der Waals surface area contributed by atoms with Crippen LogP contribution < -0.4 is 10.0 Å². The lowest BCUT2D eigenvalue weighted by molar-refractivity contribution is -0.119. The Bertz CT molecular complexity index is 991. The third kappa shape index (κ3) is 3.55. The molecule has 6 nitrogen and oxygen atoms in total. The molecule has 0 spiro atoms. The maximum Gasteiger partial charge on any atom is 0.271 e. The van der Waals surface area contributed by atoms with Crippen LogP contribution in [0.25, 0.3) is 10.9 Å². The molecule has 0 fully saturated rings. The molecule has 0 aliphatic heterocycles. The highest BCUT2D eigenvalue weighted by Gasteiger charge is 2.18. The van der Waals surface area contributed by atoms with E-state index in [-0.39, 0.29) is 10.1 Å². The molecular weight excluding hydrogens is 346 g/mol. The van der Waals surface area contributed by atoms with Gasteiger partial charge in [0, 0.05) is 23.4 Å². The number of hydrogen-bond acceptors (Lipinski definition) is 5. The molecule has 2 heterocycles. The van der Waals surface area contributed by atoms with Crippen LogP contribution in [0, 0.1) is 0 Å². The SMILES string of the molecule is CC(=O)NCc1ccc(S(=O)(=O)Nc2cccc3cccnc23)s1. The number of amides is 1. The van der Waals surface area contributed by atoms with Gasteiger partial charge in [-0.05, 0) is 24.3 Å². The minimum atomic E-state index is -3.71. The number of anilines is 1. The minimum Gasteiger partial charge on any atom is -0.351 e. The molecule has 0 bridgehead atoms. The van der Waals surface area contributed by atoms with E-state index in [2.05, 4.69) is 15.0 Å². The molecule has 0 saturated carbocycles. The minimum absolute atomic E-state index is 0.159. The van der Waals surface area contributed by atoms with Crippen LogP contribution in [0.3, 0.4) is 0 Å². The summed E-state index contributed by atoms with van der Waals surface area (Å²) in [7, 11) is -3.71. The van der Waals surface area contributed by atoms with Gasteiger partial charge in [-0.1, -0.05) is 18.2 Å². The molecule has 1 amide bonds. The van der Waals surface area contributed by atoms with Gasteiger partial charge < -0.3 is 5.32 Å². The maximum atomic E-state index is 12.6. The summed E-state index contributed by atoms with van der Waals surface area (Å²) in [5.74, 6) is -0.159. The third-order valence-electron chi connectivity index (χ3n) is 3.29. The fraction of sp³-hybridized carbons (Fsp3) is 0.125. The summed E-state index contributed by atoms with van der Waals surface area (Å²) < 4.78 is 27.9. The van der Waals surface area contributed by atoms with Gasteiger partial charge in [0.05, 0.1) is 17.7 Å². The van der Waals surface area contributed by atoms with Crippen LogP contribution in [-0.2, 0) is 21.4 Å². The molecule has 3 aromatic rings. The third-order valence-corrected chi connectivity index (χ3v) is 6.23. The second kappa shape index (κ2) is 6.58. The van der Waals surface area contributed by atoms with E-state index < -0.39 is 10.0 Å². The van der Waals surface area contributed by atoms with Gasteiger partial charge >= 0.3 is 0 Å². The summed E-state index contributed by atoms with van der Waals surface area (Å²) in [6, 6.07) is 12.2. The summed E-state index contributed by atoms with van der Waals surface area (Å²) in [5, 5.41) is 3.50. The van der Waals surface area contributed by atoms with Crippen molar-refractivity contribution in [2.24, 2.45) is 0 Å². The molecule has 0 unspecified atom stereocenters. The van der Waals surface area contributed by atoms with Crippen molar-refractivity contribution in [1.82, 2.24) is 10.3 Å². The van der Waals surface area contributed by atoms with E-state index in [1.165, 1.54) is 13.0 Å². The monoisotopic (exact) mass is 361 g/mol. The van der Waals surface area contributed by atoms with Gasteiger partial charge in [0.25, 0.3) is 10.0 Å². The highest BCUT2D eigenvalue weighted by Crippen LogP contribution is 2.27. The first-order valence-electron chi connectivity index (χ1n) is 7.15. The largest absolute Gasteiger partial charge is 0.351 e. The first-order valence-corrected chi connectivity index (χ1v) is 9.45. The molecular formula is C16H15N3O3S2. The number of hydrogen-bond donors (Lipinski definition) is 2. The molecule has 0 aliphatic rings. The molecule has 3 rings (SSSR count). The smallest absolute Gasteiger partial charge is 0.271 e. The Morgan fingerprint density at radius 2 is 1.96 bits per heavy atom. The number of pyridine rings is 1. The molecule has 0 atom stereocenters. The summed E-state index contributed by atoms with van der Waals surface area (Å²) in [6.07, 6.45) is 1.62. The first-order chi connectivity index (χ1) is 11.5. The highest BCUT2D eigenvalue weighted by atomic mass is 32.2. The van der Waals surface area contributed by atoms with Gasteiger partial charge in [0.1, 0.15) is 4.21 Å². The van der Waals surface area contributed by atoms with Crippen molar-refractivity contribution in [3.8, 4) is 0 Å². The van der Waals surface area contributed by atoms with Crippen LogP contribution in [0.1, 0.15) is 11.8 Å². The second-order valence-corrected chi connectivity index (χ2v) is 8.19. The van der Waals surface area contributed by atoms with E-state index in [0.29, 0.717) is 17.7 Å². The Morgan fingerprint density at radius 3 is 2.75 bits per heavy atom. The van der Waals surface area contributed by atoms with E-state index in [4.69, 9.17) is 0 Å². The van der Waals surface area contributed by atoms with Gasteiger partial charge in [-0.2, -0.15) is 0 Å². The number of para-hydroxylation sites is 1. The van der Waals surface area contributed by atoms with Gasteiger partial charge in [-0.25, -0.2) is 8.42 Å². The Labute approximate surface area is 143 Å². The van der Waals surface area contributed by atoms with E-state index in [0.717, 1.165) is 21.6 Å². The van der Waals surface area contributed by atoms with Crippen molar-refractivity contribution >= 4 is 43.9 Å². The molecule has 0 aliphatic carbocycles. The molecule has 2 N–H and O–H groups in total. The molecule has 0 radical (unpaired) electrons. The van der Waals surface area contributed by atoms with Gasteiger partial charge in [0.2, 0.25) is 5.91 Å². The van der Waals surface area contributed by atoms with E-state index in [1.807, 2.05) is 12.1 Å². The number of rotatable bonds is 5. The molecule has 1 aromatic carbocycles. The van der Waals surface area contributed by atoms with Crippen molar-refractivity contribution in [2.75, 3.05) is 4.72 Å². The Hall–Kier alpha value is -2.45. The lowest BCUT2D eigenvalue weighted by Crippen LogP contribution is -2.18. The number of thiophene rings is 1. The van der Waals surface area contributed by atoms with E-state index in [9.17, 15) is 13.2 Å². The van der Waals surface area contributed by atoms with Crippen LogP contribution >= 0.6 is 11.3 Å². The fourth-order valence-electron chi connectivity index (χ4n) is 2.19. The van der Waals surface area contributed by atoms with Crippen molar-refractivity contribution in [3.63, 3.8) is 0 Å². The molecule has 124 valence electrons. The molecule has 8 heteroatoms. The van der Waals surface area contributed by atoms with Gasteiger partial charge in [-0.15, -0.1) is 11.3 Å². The van der Waals surface area contributed by atoms with Gasteiger partial charge in [-0.3, -0.25) is 14.5 Å². The predicted molar refractivity (Wildman–Crippen MR) is 94.4 cm³/mol. The predicted octanol–water partition coefficient (Wildman–Crippen LogP) is 2.73. The number of carbonyl (C=O) groups excluding carboxylic acids is 1. The number of fused-ring (bicyclic) bond motifs is 1. The first kappa shape index (κ1) is 16.4. The number of aromatic nitrogens is 1. The summed E-state index contributed by atoms with van der Waals surface area (Å²) in [5.41, 5.74) is 1.03. The molecule has 24 heavy (non-hydrogen) atoms. The van der Waals surface area contributed by atoms with Crippen LogP contribution in [0.4, 0.5) is 5.69 Å². The zero-order chi connectivity index (χ0) is 17.2. The van der Waals surface area contributed by atoms with Crippen LogP contribution in [0.5, 0.6) is 0 Å². The average Bonchev–Trinajstić information content (AvgIpc) is 3.03. The average molecular weight is 361 g/mol. The Balaban J connectivity index is 1.87. The van der Waals surface area contributed by atoms with Gasteiger partial charge in [0.15, 0.2) is 0 Å². The summed E-state index contributed by atoms with van der Waals surface area (Å²) in [4.78, 5) is 15.9. The standard InChI is InChI=1S/C16H15N3O3S2/c1-11(20)18-10-13-7-8-15(23-13)24(21,22)19-14-6-2-4-12-5-3-9-17-16(12)14/h2-9,19H,10H2,1H3,(H,18,20). The lowest BCUT2D eigenvalue weighted by atomic mass is 10.2. The van der Waals surface area contributed by atoms with Crippen molar-refractivity contribution in [1.29, 1.82) is 0 Å². The van der Waals surface area contributed by atoms with Crippen LogP contribution in [0.2, 0.25) is 0 Å². The zero-order valence-corrected chi connectivity index (χ0v) is 14.4. The zero-order valence-electron chi connectivity index (χ0n) is 12.8. The fourth-order valence-corrected chi connectivity index (χ4v) is 4.55. The quantitative estimate of drug-likeness (QED) is 0.731. The van der Waals surface area contributed by atoms with Crippen molar-refractivity contribution < 1.29 is 13.2 Å². The Morgan fingerprint density at radius 1 is 1.17 bits per heavy atom. The van der Waals surface area contributed by atoms with Crippen molar-refractivity contribution in [2.45, 2.75) is 17.7 Å². The highest BCUT2D eigenvalue weighted by molar-refractivity contribution is 7.94. The van der Waals surface area contributed by atoms with Crippen molar-refractivity contribution in [3.05, 3.63) is 53.5 Å². The van der Waals surface area contributed by atoms with Crippen LogP contribution in [0.15, 0.2) is 52.9 Å². The molecule has 0 saturated heterocycles. The molecule has 2 aromatic heterocycles. The summed E-state index contributed by atoms with van der Waals surface area (Å²) in [6.45, 7) is 1.73. The normalized spacial score (nSPS) is 11.4. The maximum absolute atomic E-state index is 12.6. The van der Waals surface area contributed by atoms with E-state index >= 15 is 0 Å². The van der Waals surface area contributed by atoms with Crippen LogP contribution in [-0.4, -0.2) is 19.3 Å². The number of sulfonamides is 1. The number of carbonyl (C=O) groups is 1. The summed E-state index contributed by atoms with van der Waals surface area (Å²) >= 11 is 1.12. The number of nitrogens with zero attached hydrogens (tertiary/aromatic N) is 1. The van der Waals surface area contributed by atoms with E-state index in [1.54, 1.807) is 30.5 Å². The Kier molecular flexibility index (Phi) is 4.50. The second-order valence-electron chi connectivity index (χ2n) is 5.12. The lowest BCUT2D eigenvalue weighted by Gasteiger charge is -2.08.